The summed E-state index contributed by atoms with van der Waals surface area (Å²) < 4.78 is 1.22. The number of hydrogen-bond acceptors (Lipinski definition) is 4. The van der Waals surface area contributed by atoms with Crippen LogP contribution >= 0.6 is 11.3 Å². The topological polar surface area (TPSA) is 59.2 Å². The molecule has 1 aliphatic rings. The summed E-state index contributed by atoms with van der Waals surface area (Å²) in [4.78, 5) is 18.4. The second-order valence-corrected chi connectivity index (χ2v) is 6.31. The number of thiazole rings is 1. The molecule has 4 nitrogen and oxygen atoms in total. The number of rotatable bonds is 3. The normalized spacial score (nSPS) is 19.4. The molecule has 5 heteroatoms. The van der Waals surface area contributed by atoms with Crippen LogP contribution in [0.25, 0.3) is 10.2 Å². The third kappa shape index (κ3) is 2.38. The van der Waals surface area contributed by atoms with E-state index in [9.17, 15) is 4.79 Å². The zero-order chi connectivity index (χ0) is 14.1. The van der Waals surface area contributed by atoms with Gasteiger partial charge in [0.2, 0.25) is 5.91 Å². The van der Waals surface area contributed by atoms with Gasteiger partial charge >= 0.3 is 0 Å². The van der Waals surface area contributed by atoms with E-state index in [4.69, 9.17) is 10.7 Å². The smallest absolute Gasteiger partial charge is 0.222 e. The highest BCUT2D eigenvalue weighted by Crippen LogP contribution is 2.33. The van der Waals surface area contributed by atoms with Crippen molar-refractivity contribution in [1.29, 1.82) is 0 Å². The zero-order valence-electron chi connectivity index (χ0n) is 11.6. The highest BCUT2D eigenvalue weighted by Gasteiger charge is 2.25. The molecule has 1 saturated heterocycles. The number of carbonyl (C=O) groups is 1. The van der Waals surface area contributed by atoms with E-state index in [1.165, 1.54) is 10.3 Å². The maximum Gasteiger partial charge on any atom is 0.222 e. The lowest BCUT2D eigenvalue weighted by molar-refractivity contribution is -0.122. The summed E-state index contributed by atoms with van der Waals surface area (Å²) in [7, 11) is 0. The van der Waals surface area contributed by atoms with Crippen molar-refractivity contribution in [3.63, 3.8) is 0 Å². The summed E-state index contributed by atoms with van der Waals surface area (Å²) >= 11 is 1.71. The molecule has 1 atom stereocenters. The molecule has 0 radical (unpaired) electrons. The number of nitrogens with two attached hydrogens (primary N) is 1. The number of hydrogen-bond donors (Lipinski definition) is 1. The van der Waals surface area contributed by atoms with Crippen LogP contribution in [-0.4, -0.2) is 24.0 Å². The van der Waals surface area contributed by atoms with Crippen molar-refractivity contribution < 1.29 is 4.79 Å². The lowest BCUT2D eigenvalue weighted by atomic mass is 9.98. The molecule has 1 aliphatic heterocycles. The van der Waals surface area contributed by atoms with Crippen LogP contribution in [0.1, 0.15) is 25.3 Å². The van der Waals surface area contributed by atoms with Gasteiger partial charge in [-0.1, -0.05) is 30.4 Å². The van der Waals surface area contributed by atoms with Crippen molar-refractivity contribution in [2.45, 2.75) is 26.2 Å². The Hall–Kier alpha value is -1.62. The van der Waals surface area contributed by atoms with Crippen LogP contribution in [0.15, 0.2) is 18.2 Å². The molecule has 0 spiro atoms. The van der Waals surface area contributed by atoms with Crippen LogP contribution in [0.2, 0.25) is 0 Å². The molecular formula is C15H19N3OS. The first kappa shape index (κ1) is 13.4. The number of primary amides is 1. The first-order valence-corrected chi connectivity index (χ1v) is 7.93. The maximum absolute atomic E-state index is 11.4. The third-order valence-corrected chi connectivity index (χ3v) is 5.05. The van der Waals surface area contributed by atoms with Gasteiger partial charge in [0.1, 0.15) is 0 Å². The summed E-state index contributed by atoms with van der Waals surface area (Å²) in [5.41, 5.74) is 7.84. The molecule has 1 fully saturated rings. The van der Waals surface area contributed by atoms with Gasteiger partial charge in [-0.25, -0.2) is 4.98 Å². The van der Waals surface area contributed by atoms with Crippen molar-refractivity contribution in [2.75, 3.05) is 18.0 Å². The van der Waals surface area contributed by atoms with Gasteiger partial charge in [-0.3, -0.25) is 4.79 Å². The number of aryl methyl sites for hydroxylation is 1. The van der Waals surface area contributed by atoms with E-state index in [1.54, 1.807) is 11.3 Å². The minimum Gasteiger partial charge on any atom is -0.369 e. The quantitative estimate of drug-likeness (QED) is 0.944. The Balaban J connectivity index is 1.92. The van der Waals surface area contributed by atoms with Crippen LogP contribution in [0.3, 0.4) is 0 Å². The van der Waals surface area contributed by atoms with E-state index in [0.717, 1.165) is 36.5 Å². The summed E-state index contributed by atoms with van der Waals surface area (Å²) in [5, 5.41) is 1.02. The summed E-state index contributed by atoms with van der Waals surface area (Å²) in [6.07, 6.45) is 2.89. The predicted molar refractivity (Wildman–Crippen MR) is 83.1 cm³/mol. The fourth-order valence-electron chi connectivity index (χ4n) is 2.80. The number of carbonyl (C=O) groups excluding carboxylic acids is 1. The van der Waals surface area contributed by atoms with Gasteiger partial charge in [0.15, 0.2) is 5.13 Å². The fourth-order valence-corrected chi connectivity index (χ4v) is 3.85. The lowest BCUT2D eigenvalue weighted by Gasteiger charge is -2.30. The van der Waals surface area contributed by atoms with Gasteiger partial charge in [-0.05, 0) is 30.9 Å². The van der Waals surface area contributed by atoms with Crippen molar-refractivity contribution in [1.82, 2.24) is 4.98 Å². The molecule has 1 aromatic heterocycles. The van der Waals surface area contributed by atoms with E-state index in [0.29, 0.717) is 6.54 Å². The van der Waals surface area contributed by atoms with Crippen LogP contribution in [0, 0.1) is 5.92 Å². The first-order chi connectivity index (χ1) is 9.69. The molecule has 2 aromatic rings. The largest absolute Gasteiger partial charge is 0.369 e. The maximum atomic E-state index is 11.4. The molecule has 20 heavy (non-hydrogen) atoms. The molecule has 3 rings (SSSR count). The summed E-state index contributed by atoms with van der Waals surface area (Å²) in [6, 6.07) is 6.34. The highest BCUT2D eigenvalue weighted by atomic mass is 32.1. The van der Waals surface area contributed by atoms with E-state index in [-0.39, 0.29) is 11.8 Å². The Morgan fingerprint density at radius 2 is 2.40 bits per heavy atom. The second-order valence-electron chi connectivity index (χ2n) is 5.30. The Labute approximate surface area is 122 Å². The van der Waals surface area contributed by atoms with E-state index in [1.807, 2.05) is 0 Å². The lowest BCUT2D eigenvalue weighted by Crippen LogP contribution is -2.41. The Morgan fingerprint density at radius 3 is 3.15 bits per heavy atom. The molecule has 2 N–H and O–H groups in total. The van der Waals surface area contributed by atoms with Gasteiger partial charge in [0.25, 0.3) is 0 Å². The first-order valence-electron chi connectivity index (χ1n) is 7.11. The third-order valence-electron chi connectivity index (χ3n) is 3.97. The average Bonchev–Trinajstić information content (AvgIpc) is 2.91. The summed E-state index contributed by atoms with van der Waals surface area (Å²) in [6.45, 7) is 3.82. The van der Waals surface area contributed by atoms with Gasteiger partial charge in [0.05, 0.1) is 16.1 Å². The molecule has 2 heterocycles. The van der Waals surface area contributed by atoms with Gasteiger partial charge < -0.3 is 10.6 Å². The predicted octanol–water partition coefficient (Wildman–Crippen LogP) is 2.56. The molecule has 0 bridgehead atoms. The minimum absolute atomic E-state index is 0.0404. The number of piperidine rings is 1. The minimum atomic E-state index is -0.190. The molecule has 1 aromatic carbocycles. The SMILES string of the molecule is CCc1cccc2sc(N3CCCC(C(N)=O)C3)nc12. The van der Waals surface area contributed by atoms with Crippen molar-refractivity contribution in [3.8, 4) is 0 Å². The average molecular weight is 289 g/mol. The number of aromatic nitrogens is 1. The Kier molecular flexibility index (Phi) is 3.61. The molecule has 106 valence electrons. The summed E-state index contributed by atoms with van der Waals surface area (Å²) in [5.74, 6) is -0.230. The number of nitrogens with zero attached hydrogens (tertiary/aromatic N) is 2. The van der Waals surface area contributed by atoms with Crippen LogP contribution in [0.4, 0.5) is 5.13 Å². The van der Waals surface area contributed by atoms with E-state index < -0.39 is 0 Å². The van der Waals surface area contributed by atoms with Gasteiger partial charge in [-0.2, -0.15) is 0 Å². The van der Waals surface area contributed by atoms with Crippen LogP contribution in [0.5, 0.6) is 0 Å². The standard InChI is InChI=1S/C15H19N3OS/c1-2-10-5-3-7-12-13(10)17-15(20-12)18-8-4-6-11(9-18)14(16)19/h3,5,7,11H,2,4,6,8-9H2,1H3,(H2,16,19). The second kappa shape index (κ2) is 5.40. The molecule has 0 aliphatic carbocycles. The van der Waals surface area contributed by atoms with Gasteiger partial charge in [-0.15, -0.1) is 0 Å². The van der Waals surface area contributed by atoms with E-state index in [2.05, 4.69) is 30.0 Å². The zero-order valence-corrected chi connectivity index (χ0v) is 12.4. The molecular weight excluding hydrogens is 270 g/mol. The number of fused-ring (bicyclic) bond motifs is 1. The molecule has 0 saturated carbocycles. The van der Waals surface area contributed by atoms with Crippen molar-refractivity contribution in [2.24, 2.45) is 11.7 Å². The Morgan fingerprint density at radius 1 is 1.55 bits per heavy atom. The monoisotopic (exact) mass is 289 g/mol. The number of amides is 1. The number of para-hydroxylation sites is 1. The number of anilines is 1. The molecule has 1 unspecified atom stereocenters. The fraction of sp³-hybridized carbons (Fsp3) is 0.467. The van der Waals surface area contributed by atoms with Crippen molar-refractivity contribution in [3.05, 3.63) is 23.8 Å². The molecule has 1 amide bonds. The number of benzene rings is 1. The highest BCUT2D eigenvalue weighted by molar-refractivity contribution is 7.22. The van der Waals surface area contributed by atoms with Crippen LogP contribution < -0.4 is 10.6 Å². The van der Waals surface area contributed by atoms with Crippen LogP contribution in [-0.2, 0) is 11.2 Å². The van der Waals surface area contributed by atoms with Crippen molar-refractivity contribution >= 4 is 32.6 Å². The Bertz CT molecular complexity index is 637. The van der Waals surface area contributed by atoms with E-state index >= 15 is 0 Å². The van der Waals surface area contributed by atoms with Gasteiger partial charge in [0, 0.05) is 13.1 Å².